The van der Waals surface area contributed by atoms with Gasteiger partial charge in [0.1, 0.15) is 11.3 Å². The van der Waals surface area contributed by atoms with Crippen LogP contribution in [0.5, 0.6) is 5.75 Å². The van der Waals surface area contributed by atoms with Crippen LogP contribution in [0.4, 0.5) is 0 Å². The predicted octanol–water partition coefficient (Wildman–Crippen LogP) is 1.98. The standard InChI is InChI=1S/C12H15NO2.ClH/c1-12(11(15)6-3-7-13-12)9-4-2-5-10(14)8-9;/h2,4-5,8,13-14H,3,6-7H2,1H3;1H. The van der Waals surface area contributed by atoms with Crippen LogP contribution >= 0.6 is 12.4 Å². The monoisotopic (exact) mass is 241 g/mol. The molecule has 0 aromatic heterocycles. The third kappa shape index (κ3) is 2.20. The van der Waals surface area contributed by atoms with E-state index < -0.39 is 5.54 Å². The molecule has 0 spiro atoms. The lowest BCUT2D eigenvalue weighted by molar-refractivity contribution is -0.126. The summed E-state index contributed by atoms with van der Waals surface area (Å²) in [7, 11) is 0. The van der Waals surface area contributed by atoms with E-state index in [1.807, 2.05) is 13.0 Å². The summed E-state index contributed by atoms with van der Waals surface area (Å²) < 4.78 is 0. The van der Waals surface area contributed by atoms with Gasteiger partial charge in [-0.05, 0) is 37.6 Å². The van der Waals surface area contributed by atoms with E-state index in [1.54, 1.807) is 18.2 Å². The van der Waals surface area contributed by atoms with Crippen LogP contribution in [-0.4, -0.2) is 17.4 Å². The maximum absolute atomic E-state index is 11.9. The van der Waals surface area contributed by atoms with E-state index in [2.05, 4.69) is 5.32 Å². The second kappa shape index (κ2) is 4.85. The van der Waals surface area contributed by atoms with Crippen molar-refractivity contribution in [3.63, 3.8) is 0 Å². The van der Waals surface area contributed by atoms with Gasteiger partial charge in [0.25, 0.3) is 0 Å². The van der Waals surface area contributed by atoms with E-state index in [-0.39, 0.29) is 23.9 Å². The molecule has 1 atom stereocenters. The summed E-state index contributed by atoms with van der Waals surface area (Å²) in [6, 6.07) is 6.89. The van der Waals surface area contributed by atoms with Crippen molar-refractivity contribution < 1.29 is 9.90 Å². The van der Waals surface area contributed by atoms with Crippen LogP contribution in [0.15, 0.2) is 24.3 Å². The Kier molecular flexibility index (Phi) is 3.94. The number of carbonyl (C=O) groups is 1. The predicted molar refractivity (Wildman–Crippen MR) is 65.0 cm³/mol. The van der Waals surface area contributed by atoms with Crippen LogP contribution in [0, 0.1) is 0 Å². The van der Waals surface area contributed by atoms with Gasteiger partial charge in [0.05, 0.1) is 0 Å². The fraction of sp³-hybridized carbons (Fsp3) is 0.417. The highest BCUT2D eigenvalue weighted by atomic mass is 35.5. The largest absolute Gasteiger partial charge is 0.508 e. The number of aromatic hydroxyl groups is 1. The second-order valence-electron chi connectivity index (χ2n) is 4.13. The Labute approximate surface area is 101 Å². The Balaban J connectivity index is 0.00000128. The van der Waals surface area contributed by atoms with Crippen molar-refractivity contribution in [2.45, 2.75) is 25.3 Å². The molecule has 1 fully saturated rings. The molecule has 1 saturated heterocycles. The van der Waals surface area contributed by atoms with Gasteiger partial charge in [0, 0.05) is 6.42 Å². The first kappa shape index (κ1) is 13.0. The summed E-state index contributed by atoms with van der Waals surface area (Å²) in [6.45, 7) is 2.72. The fourth-order valence-electron chi connectivity index (χ4n) is 2.02. The minimum Gasteiger partial charge on any atom is -0.508 e. The Morgan fingerprint density at radius 3 is 2.81 bits per heavy atom. The van der Waals surface area contributed by atoms with Gasteiger partial charge in [-0.2, -0.15) is 0 Å². The third-order valence-corrected chi connectivity index (χ3v) is 3.04. The van der Waals surface area contributed by atoms with Crippen molar-refractivity contribution in [2.75, 3.05) is 6.54 Å². The van der Waals surface area contributed by atoms with Crippen molar-refractivity contribution in [1.82, 2.24) is 5.32 Å². The molecule has 0 aliphatic carbocycles. The highest BCUT2D eigenvalue weighted by Crippen LogP contribution is 2.28. The molecule has 0 radical (unpaired) electrons. The number of carbonyl (C=O) groups excluding carboxylic acids is 1. The molecule has 1 heterocycles. The number of nitrogens with one attached hydrogen (secondary N) is 1. The van der Waals surface area contributed by atoms with E-state index in [9.17, 15) is 9.90 Å². The van der Waals surface area contributed by atoms with E-state index in [4.69, 9.17) is 0 Å². The lowest BCUT2D eigenvalue weighted by Crippen LogP contribution is -2.50. The van der Waals surface area contributed by atoms with Crippen molar-refractivity contribution in [3.05, 3.63) is 29.8 Å². The van der Waals surface area contributed by atoms with Gasteiger partial charge in [-0.25, -0.2) is 0 Å². The molecule has 1 aliphatic rings. The smallest absolute Gasteiger partial charge is 0.157 e. The van der Waals surface area contributed by atoms with Crippen LogP contribution in [0.2, 0.25) is 0 Å². The highest BCUT2D eigenvalue weighted by Gasteiger charge is 2.36. The average Bonchev–Trinajstić information content (AvgIpc) is 2.23. The molecule has 2 rings (SSSR count). The molecule has 4 heteroatoms. The Bertz CT molecular complexity index is 394. The molecular weight excluding hydrogens is 226 g/mol. The molecule has 1 aliphatic heterocycles. The Morgan fingerprint density at radius 2 is 2.19 bits per heavy atom. The number of piperidine rings is 1. The van der Waals surface area contributed by atoms with Gasteiger partial charge >= 0.3 is 0 Å². The molecule has 0 saturated carbocycles. The molecule has 16 heavy (non-hydrogen) atoms. The summed E-state index contributed by atoms with van der Waals surface area (Å²) in [6.07, 6.45) is 1.51. The number of phenolic OH excluding ortho intramolecular Hbond substituents is 1. The highest BCUT2D eigenvalue weighted by molar-refractivity contribution is 5.90. The number of rotatable bonds is 1. The van der Waals surface area contributed by atoms with Crippen LogP contribution in [0.3, 0.4) is 0 Å². The Morgan fingerprint density at radius 1 is 1.44 bits per heavy atom. The van der Waals surface area contributed by atoms with Gasteiger partial charge in [-0.3, -0.25) is 4.79 Å². The SMILES string of the molecule is CC1(c2cccc(O)c2)NCCCC1=O.Cl. The number of hydrogen-bond acceptors (Lipinski definition) is 3. The number of ketones is 1. The van der Waals surface area contributed by atoms with Gasteiger partial charge in [-0.1, -0.05) is 12.1 Å². The molecule has 0 amide bonds. The molecular formula is C12H16ClNO2. The molecule has 88 valence electrons. The van der Waals surface area contributed by atoms with Crippen LogP contribution < -0.4 is 5.32 Å². The number of Topliss-reactive ketones (excluding diaryl/α,β-unsaturated/α-hetero) is 1. The lowest BCUT2D eigenvalue weighted by Gasteiger charge is -2.33. The van der Waals surface area contributed by atoms with E-state index in [1.165, 1.54) is 0 Å². The molecule has 0 bridgehead atoms. The van der Waals surface area contributed by atoms with E-state index in [0.717, 1.165) is 18.5 Å². The van der Waals surface area contributed by atoms with Gasteiger partial charge < -0.3 is 10.4 Å². The average molecular weight is 242 g/mol. The summed E-state index contributed by atoms with van der Waals surface area (Å²) in [5, 5.41) is 12.6. The first-order chi connectivity index (χ1) is 7.13. The molecule has 1 unspecified atom stereocenters. The minimum atomic E-state index is -0.628. The summed E-state index contributed by atoms with van der Waals surface area (Å²) in [4.78, 5) is 11.9. The minimum absolute atomic E-state index is 0. The maximum Gasteiger partial charge on any atom is 0.157 e. The Hall–Kier alpha value is -1.06. The van der Waals surface area contributed by atoms with Crippen molar-refractivity contribution in [2.24, 2.45) is 0 Å². The first-order valence-corrected chi connectivity index (χ1v) is 5.21. The number of hydrogen-bond donors (Lipinski definition) is 2. The van der Waals surface area contributed by atoms with Crippen LogP contribution in [0.1, 0.15) is 25.3 Å². The summed E-state index contributed by atoms with van der Waals surface area (Å²) >= 11 is 0. The van der Waals surface area contributed by atoms with Crippen LogP contribution in [-0.2, 0) is 10.3 Å². The van der Waals surface area contributed by atoms with E-state index >= 15 is 0 Å². The molecule has 2 N–H and O–H groups in total. The maximum atomic E-state index is 11.9. The lowest BCUT2D eigenvalue weighted by atomic mass is 9.83. The molecule has 1 aromatic rings. The quantitative estimate of drug-likeness (QED) is 0.791. The normalized spacial score (nSPS) is 24.9. The zero-order valence-corrected chi connectivity index (χ0v) is 10.0. The van der Waals surface area contributed by atoms with Gasteiger partial charge in [0.15, 0.2) is 5.78 Å². The number of halogens is 1. The van der Waals surface area contributed by atoms with Gasteiger partial charge in [-0.15, -0.1) is 12.4 Å². The van der Waals surface area contributed by atoms with E-state index in [0.29, 0.717) is 6.42 Å². The van der Waals surface area contributed by atoms with Crippen molar-refractivity contribution in [3.8, 4) is 5.75 Å². The zero-order valence-electron chi connectivity index (χ0n) is 9.19. The molecule has 1 aromatic carbocycles. The third-order valence-electron chi connectivity index (χ3n) is 3.04. The van der Waals surface area contributed by atoms with Gasteiger partial charge in [0.2, 0.25) is 0 Å². The topological polar surface area (TPSA) is 49.3 Å². The zero-order chi connectivity index (χ0) is 10.9. The molecule has 3 nitrogen and oxygen atoms in total. The van der Waals surface area contributed by atoms with Crippen molar-refractivity contribution in [1.29, 1.82) is 0 Å². The fourth-order valence-corrected chi connectivity index (χ4v) is 2.02. The second-order valence-corrected chi connectivity index (χ2v) is 4.13. The first-order valence-electron chi connectivity index (χ1n) is 5.21. The van der Waals surface area contributed by atoms with Crippen molar-refractivity contribution >= 4 is 18.2 Å². The van der Waals surface area contributed by atoms with Crippen LogP contribution in [0.25, 0.3) is 0 Å². The number of phenols is 1. The summed E-state index contributed by atoms with van der Waals surface area (Å²) in [5.41, 5.74) is 0.212. The number of benzene rings is 1. The summed E-state index contributed by atoms with van der Waals surface area (Å²) in [5.74, 6) is 0.397.